The van der Waals surface area contributed by atoms with E-state index in [1.165, 1.54) is 128 Å². The molecule has 7 unspecified atom stereocenters. The highest BCUT2D eigenvalue weighted by Crippen LogP contribution is 2.22. The highest BCUT2D eigenvalue weighted by atomic mass is 16.7. The van der Waals surface area contributed by atoms with Gasteiger partial charge in [0.25, 0.3) is 0 Å². The van der Waals surface area contributed by atoms with Crippen molar-refractivity contribution in [1.82, 2.24) is 5.32 Å². The molecule has 1 fully saturated rings. The van der Waals surface area contributed by atoms with Gasteiger partial charge in [0.15, 0.2) is 6.29 Å². The van der Waals surface area contributed by atoms with E-state index in [0.717, 1.165) is 38.5 Å². The maximum atomic E-state index is 12.8. The van der Waals surface area contributed by atoms with Crippen LogP contribution in [0.25, 0.3) is 0 Å². The molecule has 1 saturated heterocycles. The van der Waals surface area contributed by atoms with Crippen LogP contribution in [0, 0.1) is 0 Å². The number of nitrogens with one attached hydrogen (secondary N) is 1. The molecular formula is C48H87NO8. The molecule has 0 bridgehead atoms. The van der Waals surface area contributed by atoms with Crippen LogP contribution in [0.5, 0.6) is 0 Å². The van der Waals surface area contributed by atoms with Crippen molar-refractivity contribution in [1.29, 1.82) is 0 Å². The minimum atomic E-state index is -1.58. The van der Waals surface area contributed by atoms with Crippen LogP contribution in [0.15, 0.2) is 48.6 Å². The lowest BCUT2D eigenvalue weighted by Gasteiger charge is -2.40. The van der Waals surface area contributed by atoms with E-state index in [-0.39, 0.29) is 18.9 Å². The number of carbonyl (C=O) groups excluding carboxylic acids is 1. The molecule has 1 amide bonds. The highest BCUT2D eigenvalue weighted by molar-refractivity contribution is 5.76. The van der Waals surface area contributed by atoms with Crippen LogP contribution >= 0.6 is 0 Å². The third-order valence-electron chi connectivity index (χ3n) is 10.9. The highest BCUT2D eigenvalue weighted by Gasteiger charge is 2.44. The van der Waals surface area contributed by atoms with Crippen LogP contribution in [0.4, 0.5) is 0 Å². The van der Waals surface area contributed by atoms with Gasteiger partial charge in [-0.2, -0.15) is 0 Å². The Labute approximate surface area is 348 Å². The lowest BCUT2D eigenvalue weighted by atomic mass is 9.99. The zero-order valence-electron chi connectivity index (χ0n) is 36.3. The SMILES string of the molecule is CCCCCC/C=C\CCCC(=O)NC(COC1OC(CO)C(O)C(O)C1O)C(O)/C=C/CC/C=C/CC/C=C/CCCCCCCCCCCCCCCCC. The molecule has 0 spiro atoms. The third kappa shape index (κ3) is 29.1. The minimum absolute atomic E-state index is 0.218. The van der Waals surface area contributed by atoms with Crippen molar-refractivity contribution in [3.05, 3.63) is 48.6 Å². The summed E-state index contributed by atoms with van der Waals surface area (Å²) >= 11 is 0. The zero-order valence-corrected chi connectivity index (χ0v) is 36.3. The first-order chi connectivity index (χ1) is 27.8. The molecule has 7 atom stereocenters. The number of hydrogen-bond acceptors (Lipinski definition) is 8. The molecule has 332 valence electrons. The van der Waals surface area contributed by atoms with Gasteiger partial charge in [0.2, 0.25) is 5.91 Å². The first-order valence-corrected chi connectivity index (χ1v) is 23.4. The number of amides is 1. The topological polar surface area (TPSA) is 149 Å². The Hall–Kier alpha value is -1.85. The number of aliphatic hydroxyl groups is 5. The van der Waals surface area contributed by atoms with Gasteiger partial charge < -0.3 is 40.3 Å². The zero-order chi connectivity index (χ0) is 41.6. The van der Waals surface area contributed by atoms with E-state index in [4.69, 9.17) is 9.47 Å². The van der Waals surface area contributed by atoms with Crippen molar-refractivity contribution in [2.24, 2.45) is 0 Å². The molecule has 0 aliphatic carbocycles. The van der Waals surface area contributed by atoms with E-state index < -0.39 is 49.5 Å². The molecule has 1 aliphatic rings. The number of rotatable bonds is 38. The maximum absolute atomic E-state index is 12.8. The van der Waals surface area contributed by atoms with Crippen LogP contribution in [0.1, 0.15) is 194 Å². The Balaban J connectivity index is 2.31. The number of allylic oxidation sites excluding steroid dienone is 7. The largest absolute Gasteiger partial charge is 0.394 e. The molecule has 0 saturated carbocycles. The summed E-state index contributed by atoms with van der Waals surface area (Å²) in [7, 11) is 0. The van der Waals surface area contributed by atoms with Gasteiger partial charge in [-0.15, -0.1) is 0 Å². The van der Waals surface area contributed by atoms with Gasteiger partial charge in [0, 0.05) is 6.42 Å². The Morgan fingerprint density at radius 2 is 1.00 bits per heavy atom. The quantitative estimate of drug-likeness (QED) is 0.0267. The van der Waals surface area contributed by atoms with Gasteiger partial charge in [0.05, 0.1) is 25.4 Å². The van der Waals surface area contributed by atoms with Gasteiger partial charge in [0.1, 0.15) is 24.4 Å². The standard InChI is InChI=1S/C48H87NO8/c1-3-5-7-9-11-13-14-15-16-17-18-19-20-21-22-23-24-25-26-27-28-30-31-33-35-37-42(51)41(40-56-48-47(55)46(54)45(53)43(39-50)57-48)49-44(52)38-36-34-32-29-12-10-8-6-4-2/h24-25,28-30,32,35,37,41-43,45-48,50-51,53-55H,3-23,26-27,31,33-34,36,38-40H2,1-2H3,(H,49,52)/b25-24+,30-28+,32-29-,37-35+. The Morgan fingerprint density at radius 3 is 1.49 bits per heavy atom. The number of unbranched alkanes of at least 4 members (excludes halogenated alkanes) is 22. The summed E-state index contributed by atoms with van der Waals surface area (Å²) in [4.78, 5) is 12.8. The molecule has 1 heterocycles. The van der Waals surface area contributed by atoms with E-state index in [2.05, 4.69) is 55.6 Å². The fraction of sp³-hybridized carbons (Fsp3) is 0.812. The van der Waals surface area contributed by atoms with Crippen molar-refractivity contribution in [3.8, 4) is 0 Å². The van der Waals surface area contributed by atoms with Crippen molar-refractivity contribution < 1.29 is 39.8 Å². The number of aliphatic hydroxyl groups excluding tert-OH is 5. The third-order valence-corrected chi connectivity index (χ3v) is 10.9. The smallest absolute Gasteiger partial charge is 0.220 e. The van der Waals surface area contributed by atoms with E-state index in [9.17, 15) is 30.3 Å². The van der Waals surface area contributed by atoms with E-state index >= 15 is 0 Å². The molecule has 1 rings (SSSR count). The number of carbonyl (C=O) groups is 1. The molecule has 6 N–H and O–H groups in total. The summed E-state index contributed by atoms with van der Waals surface area (Å²) in [5, 5.41) is 54.0. The fourth-order valence-electron chi connectivity index (χ4n) is 7.07. The van der Waals surface area contributed by atoms with Gasteiger partial charge in [-0.05, 0) is 64.2 Å². The number of hydrogen-bond donors (Lipinski definition) is 6. The summed E-state index contributed by atoms with van der Waals surface area (Å²) in [6.45, 7) is 3.69. The van der Waals surface area contributed by atoms with Crippen molar-refractivity contribution >= 4 is 5.91 Å². The second-order valence-electron chi connectivity index (χ2n) is 16.2. The summed E-state index contributed by atoms with van der Waals surface area (Å²) < 4.78 is 11.1. The van der Waals surface area contributed by atoms with Crippen LogP contribution in [-0.4, -0.2) is 87.5 Å². The second-order valence-corrected chi connectivity index (χ2v) is 16.2. The Kier molecular flexibility index (Phi) is 35.8. The molecule has 0 aromatic rings. The predicted molar refractivity (Wildman–Crippen MR) is 235 cm³/mol. The monoisotopic (exact) mass is 806 g/mol. The lowest BCUT2D eigenvalue weighted by Crippen LogP contribution is -2.60. The first-order valence-electron chi connectivity index (χ1n) is 23.4. The molecule has 0 aromatic heterocycles. The minimum Gasteiger partial charge on any atom is -0.394 e. The van der Waals surface area contributed by atoms with Gasteiger partial charge in [-0.1, -0.05) is 172 Å². The molecule has 9 heteroatoms. The van der Waals surface area contributed by atoms with Crippen molar-refractivity contribution in [2.45, 2.75) is 236 Å². The summed E-state index contributed by atoms with van der Waals surface area (Å²) in [6, 6.07) is -0.841. The Bertz CT molecular complexity index is 1030. The lowest BCUT2D eigenvalue weighted by molar-refractivity contribution is -0.302. The first kappa shape index (κ1) is 53.2. The van der Waals surface area contributed by atoms with Gasteiger partial charge >= 0.3 is 0 Å². The van der Waals surface area contributed by atoms with Crippen LogP contribution in [-0.2, 0) is 14.3 Å². The number of ether oxygens (including phenoxy) is 2. The van der Waals surface area contributed by atoms with Crippen LogP contribution in [0.3, 0.4) is 0 Å². The molecule has 0 aromatic carbocycles. The van der Waals surface area contributed by atoms with E-state index in [1.807, 2.05) is 6.08 Å². The maximum Gasteiger partial charge on any atom is 0.220 e. The normalized spacial score (nSPS) is 21.4. The van der Waals surface area contributed by atoms with E-state index in [0.29, 0.717) is 6.42 Å². The molecular weight excluding hydrogens is 719 g/mol. The predicted octanol–water partition coefficient (Wildman–Crippen LogP) is 9.84. The van der Waals surface area contributed by atoms with Crippen LogP contribution in [0.2, 0.25) is 0 Å². The molecule has 1 aliphatic heterocycles. The van der Waals surface area contributed by atoms with Crippen molar-refractivity contribution in [2.75, 3.05) is 13.2 Å². The average Bonchev–Trinajstić information content (AvgIpc) is 3.21. The van der Waals surface area contributed by atoms with Gasteiger partial charge in [-0.3, -0.25) is 4.79 Å². The summed E-state index contributed by atoms with van der Waals surface area (Å²) in [5.74, 6) is -0.229. The molecule has 57 heavy (non-hydrogen) atoms. The van der Waals surface area contributed by atoms with E-state index in [1.54, 1.807) is 6.08 Å². The molecule has 0 radical (unpaired) electrons. The van der Waals surface area contributed by atoms with Crippen molar-refractivity contribution in [3.63, 3.8) is 0 Å². The van der Waals surface area contributed by atoms with Crippen LogP contribution < -0.4 is 5.32 Å². The summed E-state index contributed by atoms with van der Waals surface area (Å²) in [5.41, 5.74) is 0. The average molecular weight is 806 g/mol. The second kappa shape index (κ2) is 38.4. The molecule has 9 nitrogen and oxygen atoms in total. The summed E-state index contributed by atoms with van der Waals surface area (Å²) in [6.07, 6.45) is 41.9. The Morgan fingerprint density at radius 1 is 0.579 bits per heavy atom. The fourth-order valence-corrected chi connectivity index (χ4v) is 7.07. The van der Waals surface area contributed by atoms with Gasteiger partial charge in [-0.25, -0.2) is 0 Å².